The number of furan rings is 2. The summed E-state index contributed by atoms with van der Waals surface area (Å²) < 4.78 is 16.5. The Hall–Kier alpha value is -13.3. The summed E-state index contributed by atoms with van der Waals surface area (Å²) in [6.45, 7) is 13.5. The summed E-state index contributed by atoms with van der Waals surface area (Å²) in [6, 6.07) is 127. The molecule has 0 saturated carbocycles. The normalized spacial score (nSPS) is 12.9. The fourth-order valence-corrected chi connectivity index (χ4v) is 19.5. The van der Waals surface area contributed by atoms with E-state index < -0.39 is 0 Å². The van der Waals surface area contributed by atoms with E-state index in [9.17, 15) is 0 Å². The zero-order valence-electron chi connectivity index (χ0n) is 62.4. The van der Waals surface area contributed by atoms with Crippen LogP contribution in [0.15, 0.2) is 349 Å². The van der Waals surface area contributed by atoms with E-state index in [2.05, 4.69) is 406 Å². The van der Waals surface area contributed by atoms with Crippen LogP contribution < -0.4 is 40.9 Å². The highest BCUT2D eigenvalue weighted by atomic mass is 32.1. The second kappa shape index (κ2) is 24.6. The summed E-state index contributed by atoms with van der Waals surface area (Å²) in [7, 11) is 0. The summed E-state index contributed by atoms with van der Waals surface area (Å²) in [5.41, 5.74) is 24.8. The van der Waals surface area contributed by atoms with Gasteiger partial charge >= 0.3 is 0 Å². The average Bonchev–Trinajstić information content (AvgIpc) is 1.65. The van der Waals surface area contributed by atoms with E-state index in [-0.39, 0.29) is 17.5 Å². The molecule has 528 valence electrons. The highest BCUT2D eigenvalue weighted by molar-refractivity contribution is 7.28. The molecule has 20 aromatic rings. The summed E-state index contributed by atoms with van der Waals surface area (Å²) >= 11 is 1.91. The van der Waals surface area contributed by atoms with Crippen molar-refractivity contribution in [2.24, 2.45) is 0 Å². The minimum atomic E-state index is -0.330. The second-order valence-electron chi connectivity index (χ2n) is 32.0. The van der Waals surface area contributed by atoms with Crippen LogP contribution in [0.3, 0.4) is 0 Å². The third-order valence-corrected chi connectivity index (χ3v) is 24.6. The van der Waals surface area contributed by atoms with Gasteiger partial charge in [-0.25, -0.2) is 0 Å². The van der Waals surface area contributed by atoms with Crippen LogP contribution >= 0.6 is 11.3 Å². The zero-order valence-corrected chi connectivity index (χ0v) is 63.2. The molecule has 0 aliphatic carbocycles. The Balaban J connectivity index is 0.896. The molecule has 0 saturated heterocycles. The first-order chi connectivity index (χ1) is 54.3. The van der Waals surface area contributed by atoms with E-state index in [1.165, 1.54) is 74.6 Å². The quantitative estimate of drug-likeness (QED) is 0.0944. The second-order valence-corrected chi connectivity index (χ2v) is 33.0. The van der Waals surface area contributed by atoms with Gasteiger partial charge in [-0.1, -0.05) is 242 Å². The Labute approximate surface area is 648 Å². The molecule has 3 aromatic heterocycles. The Kier molecular flexibility index (Phi) is 14.4. The first kappa shape index (κ1) is 64.8. The molecule has 0 radical (unpaired) electrons. The maximum absolute atomic E-state index is 7.21. The largest absolute Gasteiger partial charge is 0.456 e. The molecule has 0 N–H and O–H groups in total. The van der Waals surface area contributed by atoms with Gasteiger partial charge in [-0.05, 0) is 199 Å². The SMILES string of the molecule is CC(C)(C)c1ccc(N2c3cc(N(c4ccc5ccc6cccc7ccc4c5c67)c4cccc5c4oc4ccccc45)ccc3B3c4c2cc(N(c2ccccc2)c2ccc5c(c2)oc2ccccc25)cc4N(c2ccc(C(C)(C)C)cc2)c2cc(N(c4ccccc4)c4ccccc4)c4c(sc5ccccc54)c23)cc1. The third kappa shape index (κ3) is 10.1. The number of fused-ring (bicyclic) bond motifs is 14. The van der Waals surface area contributed by atoms with Crippen LogP contribution in [0.1, 0.15) is 52.7 Å². The van der Waals surface area contributed by atoms with Gasteiger partial charge in [0.25, 0.3) is 6.71 Å². The van der Waals surface area contributed by atoms with Gasteiger partial charge in [0, 0.05) is 116 Å². The van der Waals surface area contributed by atoms with Crippen molar-refractivity contribution in [1.82, 2.24) is 0 Å². The first-order valence-corrected chi connectivity index (χ1v) is 39.3. The standard InChI is InChI=1S/C102H74BN5O2S/c1-101(2,3)66-44-48-71(49-45-66)106-85-58-73(108(84-36-23-35-79-77-33-17-20-38-91(77)110-99(79)84)83-57-43-65-41-40-63-24-22-25-64-42-54-80(83)95(65)94(63)64)53-56-82(85)103-97-87(106)59-75(104(68-26-10-7-11-27-68)74-52-55-78-76-32-16-19-37-90(76)109-92(78)61-74)60-88(97)107(72-50-46-67(47-51-72)102(4,5)6)89-62-86(96-81-34-18-21-39-93(81)111-100(96)98(89)103)105(69-28-12-8-13-29-69)70-30-14-9-15-31-70/h7-62H,1-6H3. The molecule has 2 aliphatic heterocycles. The van der Waals surface area contributed by atoms with Crippen molar-refractivity contribution >= 4 is 216 Å². The molecular formula is C102H74BN5O2S. The predicted molar refractivity (Wildman–Crippen MR) is 473 cm³/mol. The van der Waals surface area contributed by atoms with Crippen molar-refractivity contribution in [3.63, 3.8) is 0 Å². The topological polar surface area (TPSA) is 42.5 Å². The number of thiophene rings is 1. The van der Waals surface area contributed by atoms with E-state index in [0.29, 0.717) is 0 Å². The fourth-order valence-electron chi connectivity index (χ4n) is 18.2. The number of nitrogens with zero attached hydrogens (tertiary/aromatic N) is 5. The van der Waals surface area contributed by atoms with Gasteiger partial charge < -0.3 is 33.3 Å². The zero-order chi connectivity index (χ0) is 74.1. The minimum absolute atomic E-state index is 0.109. The van der Waals surface area contributed by atoms with E-state index >= 15 is 0 Å². The summed E-state index contributed by atoms with van der Waals surface area (Å²) in [5, 5.41) is 14.0. The number of rotatable bonds is 11. The fraction of sp³-hybridized carbons (Fsp3) is 0.0784. The van der Waals surface area contributed by atoms with Crippen molar-refractivity contribution in [3.8, 4) is 0 Å². The van der Waals surface area contributed by atoms with Crippen molar-refractivity contribution in [3.05, 3.63) is 351 Å². The van der Waals surface area contributed by atoms with Crippen molar-refractivity contribution in [2.45, 2.75) is 52.4 Å². The van der Waals surface area contributed by atoms with Crippen LogP contribution in [-0.4, -0.2) is 6.71 Å². The first-order valence-electron chi connectivity index (χ1n) is 38.5. The average molecular weight is 1440 g/mol. The van der Waals surface area contributed by atoms with Gasteiger partial charge in [-0.3, -0.25) is 0 Å². The highest BCUT2D eigenvalue weighted by Gasteiger charge is 2.47. The number of benzene rings is 17. The van der Waals surface area contributed by atoms with E-state index in [1.807, 2.05) is 11.3 Å². The van der Waals surface area contributed by atoms with Gasteiger partial charge in [0.05, 0.1) is 22.7 Å². The van der Waals surface area contributed by atoms with Crippen LogP contribution in [0.5, 0.6) is 0 Å². The maximum atomic E-state index is 7.21. The lowest BCUT2D eigenvalue weighted by atomic mass is 9.33. The van der Waals surface area contributed by atoms with Crippen molar-refractivity contribution in [2.75, 3.05) is 24.5 Å². The van der Waals surface area contributed by atoms with Gasteiger partial charge in [-0.15, -0.1) is 11.3 Å². The smallest absolute Gasteiger partial charge is 0.254 e. The highest BCUT2D eigenvalue weighted by Crippen LogP contribution is 2.56. The van der Waals surface area contributed by atoms with Crippen molar-refractivity contribution < 1.29 is 8.83 Å². The molecule has 0 unspecified atom stereocenters. The molecule has 9 heteroatoms. The summed E-state index contributed by atoms with van der Waals surface area (Å²) in [5.74, 6) is 0. The van der Waals surface area contributed by atoms with Crippen LogP contribution in [0, 0.1) is 0 Å². The third-order valence-electron chi connectivity index (χ3n) is 23.4. The molecule has 7 nitrogen and oxygen atoms in total. The minimum Gasteiger partial charge on any atom is -0.456 e. The number of hydrogen-bond donors (Lipinski definition) is 0. The van der Waals surface area contributed by atoms with Gasteiger partial charge in [0.15, 0.2) is 5.58 Å². The van der Waals surface area contributed by atoms with Crippen LogP contribution in [0.2, 0.25) is 0 Å². The molecule has 22 rings (SSSR count). The van der Waals surface area contributed by atoms with Gasteiger partial charge in [0.1, 0.15) is 16.7 Å². The Bertz CT molecular complexity index is 7080. The van der Waals surface area contributed by atoms with Crippen LogP contribution in [0.25, 0.3) is 96.4 Å². The Morgan fingerprint density at radius 1 is 0.297 bits per heavy atom. The monoisotopic (exact) mass is 1440 g/mol. The van der Waals surface area contributed by atoms with E-state index in [1.54, 1.807) is 0 Å². The number of para-hydroxylation sites is 6. The van der Waals surface area contributed by atoms with Crippen LogP contribution in [0.4, 0.5) is 85.3 Å². The Morgan fingerprint density at radius 3 is 1.43 bits per heavy atom. The lowest BCUT2D eigenvalue weighted by Gasteiger charge is -2.46. The predicted octanol–water partition coefficient (Wildman–Crippen LogP) is 27.8. The summed E-state index contributed by atoms with van der Waals surface area (Å²) in [6.07, 6.45) is 0. The molecule has 0 bridgehead atoms. The molecule has 0 amide bonds. The molecule has 5 heterocycles. The number of hydrogen-bond acceptors (Lipinski definition) is 8. The van der Waals surface area contributed by atoms with Gasteiger partial charge in [0.2, 0.25) is 0 Å². The van der Waals surface area contributed by atoms with Crippen LogP contribution in [-0.2, 0) is 10.8 Å². The van der Waals surface area contributed by atoms with Crippen molar-refractivity contribution in [1.29, 1.82) is 0 Å². The van der Waals surface area contributed by atoms with Gasteiger partial charge in [-0.2, -0.15) is 0 Å². The molecule has 0 atom stereocenters. The lowest BCUT2D eigenvalue weighted by molar-refractivity contribution is 0.590. The molecule has 0 spiro atoms. The van der Waals surface area contributed by atoms with E-state index in [4.69, 9.17) is 8.83 Å². The molecule has 17 aromatic carbocycles. The summed E-state index contributed by atoms with van der Waals surface area (Å²) in [4.78, 5) is 12.7. The molecule has 2 aliphatic rings. The maximum Gasteiger partial charge on any atom is 0.254 e. The van der Waals surface area contributed by atoms with E-state index in [0.717, 1.165) is 135 Å². The number of anilines is 15. The molecule has 0 fully saturated rings. The lowest BCUT2D eigenvalue weighted by Crippen LogP contribution is -2.61. The molecule has 111 heavy (non-hydrogen) atoms. The molecular weight excluding hydrogens is 1370 g/mol. The Morgan fingerprint density at radius 2 is 0.784 bits per heavy atom.